The van der Waals surface area contributed by atoms with Crippen LogP contribution in [0.3, 0.4) is 0 Å². The van der Waals surface area contributed by atoms with E-state index in [0.717, 1.165) is 0 Å². The Kier molecular flexibility index (Phi) is 2.78. The van der Waals surface area contributed by atoms with Crippen LogP contribution in [0.25, 0.3) is 0 Å². The zero-order valence-corrected chi connectivity index (χ0v) is 8.96. The van der Waals surface area contributed by atoms with Crippen LogP contribution < -0.4 is 4.84 Å². The first kappa shape index (κ1) is 10.9. The van der Waals surface area contributed by atoms with E-state index >= 15 is 0 Å². The van der Waals surface area contributed by atoms with Crippen molar-refractivity contribution in [2.75, 3.05) is 0 Å². The number of para-hydroxylation sites is 1. The quantitative estimate of drug-likeness (QED) is 0.636. The summed E-state index contributed by atoms with van der Waals surface area (Å²) in [7, 11) is 0. The maximum Gasteiger partial charge on any atom is 0.418 e. The number of allylic oxidation sites excluding steroid dienone is 2. The van der Waals surface area contributed by atoms with Crippen molar-refractivity contribution in [1.29, 1.82) is 0 Å². The maximum absolute atomic E-state index is 11.4. The second kappa shape index (κ2) is 4.09. The Bertz CT molecular complexity index is 484. The van der Waals surface area contributed by atoms with Gasteiger partial charge < -0.3 is 0 Å². The van der Waals surface area contributed by atoms with E-state index in [9.17, 15) is 10.0 Å². The Balaban J connectivity index is 2.28. The monoisotopic (exact) mass is 238 g/mol. The van der Waals surface area contributed by atoms with E-state index in [0.29, 0.717) is 5.02 Å². The molecule has 1 heterocycles. The van der Waals surface area contributed by atoms with Gasteiger partial charge in [0.2, 0.25) is 5.75 Å². The van der Waals surface area contributed by atoms with Crippen molar-refractivity contribution in [3.05, 3.63) is 53.7 Å². The Morgan fingerprint density at radius 1 is 1.25 bits per heavy atom. The Morgan fingerprint density at radius 3 is 2.69 bits per heavy atom. The number of nitrogens with zero attached hydrogens (tertiary/aromatic N) is 1. The Hall–Kier alpha value is -1.62. The minimum absolute atomic E-state index is 0.236. The molecule has 16 heavy (non-hydrogen) atoms. The second-order valence-corrected chi connectivity index (χ2v) is 3.59. The molecule has 1 atom stereocenters. The van der Waals surface area contributed by atoms with Crippen LogP contribution in [0.5, 0.6) is 5.75 Å². The SMILES string of the molecule is O=C1C=CC=C[N+]1(O)Oc1ccccc1Cl. The van der Waals surface area contributed by atoms with Crippen LogP contribution >= 0.6 is 11.6 Å². The highest BCUT2D eigenvalue weighted by molar-refractivity contribution is 6.32. The number of quaternary nitrogens is 1. The molecule has 0 bridgehead atoms. The molecule has 1 aliphatic rings. The lowest BCUT2D eigenvalue weighted by molar-refractivity contribution is -1.13. The van der Waals surface area contributed by atoms with Crippen LogP contribution in [-0.2, 0) is 4.79 Å². The molecule has 82 valence electrons. The molecule has 0 spiro atoms. The predicted octanol–water partition coefficient (Wildman–Crippen LogP) is 2.45. The van der Waals surface area contributed by atoms with Gasteiger partial charge >= 0.3 is 5.91 Å². The fraction of sp³-hybridized carbons (Fsp3) is 0. The fourth-order valence-electron chi connectivity index (χ4n) is 1.23. The summed E-state index contributed by atoms with van der Waals surface area (Å²) in [5.74, 6) is -0.359. The molecular formula is C11H9ClNO3+. The largest absolute Gasteiger partial charge is 0.418 e. The zero-order chi connectivity index (χ0) is 11.6. The number of carbonyl (C=O) groups excluding carboxylic acids is 1. The first-order valence-corrected chi connectivity index (χ1v) is 4.96. The number of halogens is 1. The van der Waals surface area contributed by atoms with Crippen LogP contribution in [0.2, 0.25) is 5.02 Å². The summed E-state index contributed by atoms with van der Waals surface area (Å²) in [6, 6.07) is 6.60. The van der Waals surface area contributed by atoms with E-state index in [4.69, 9.17) is 16.4 Å². The first-order chi connectivity index (χ1) is 7.62. The van der Waals surface area contributed by atoms with Gasteiger partial charge in [0.15, 0.2) is 6.20 Å². The molecule has 0 aromatic heterocycles. The topological polar surface area (TPSA) is 46.5 Å². The normalized spacial score (nSPS) is 23.5. The van der Waals surface area contributed by atoms with Crippen molar-refractivity contribution in [3.8, 4) is 5.75 Å². The van der Waals surface area contributed by atoms with Gasteiger partial charge in [-0.3, -0.25) is 4.84 Å². The Morgan fingerprint density at radius 2 is 2.00 bits per heavy atom. The third kappa shape index (κ3) is 1.99. The molecule has 1 aliphatic heterocycles. The van der Waals surface area contributed by atoms with Crippen molar-refractivity contribution in [1.82, 2.24) is 0 Å². The molecule has 2 rings (SSSR count). The van der Waals surface area contributed by atoms with Crippen LogP contribution in [-0.4, -0.2) is 15.9 Å². The lowest BCUT2D eigenvalue weighted by Gasteiger charge is -2.21. The summed E-state index contributed by atoms with van der Waals surface area (Å²) in [4.78, 5) is 15.3. The average molecular weight is 239 g/mol. The fourth-order valence-corrected chi connectivity index (χ4v) is 1.40. The first-order valence-electron chi connectivity index (χ1n) is 4.58. The number of hydrogen-bond acceptors (Lipinski definition) is 3. The molecule has 0 radical (unpaired) electrons. The van der Waals surface area contributed by atoms with Gasteiger partial charge in [-0.25, -0.2) is 4.79 Å². The molecule has 0 aliphatic carbocycles. The average Bonchev–Trinajstić information content (AvgIpc) is 2.26. The van der Waals surface area contributed by atoms with Crippen LogP contribution in [0.4, 0.5) is 0 Å². The van der Waals surface area contributed by atoms with E-state index in [1.165, 1.54) is 24.4 Å². The van der Waals surface area contributed by atoms with Gasteiger partial charge in [-0.05, 0) is 24.3 Å². The highest BCUT2D eigenvalue weighted by Crippen LogP contribution is 2.26. The summed E-state index contributed by atoms with van der Waals surface area (Å²) >= 11 is 5.85. The third-order valence-corrected chi connectivity index (χ3v) is 2.34. The minimum atomic E-state index is -1.26. The summed E-state index contributed by atoms with van der Waals surface area (Å²) in [6.45, 7) is 0. The highest BCUT2D eigenvalue weighted by atomic mass is 35.5. The molecule has 1 aromatic carbocycles. The lowest BCUT2D eigenvalue weighted by atomic mass is 10.3. The molecule has 1 amide bonds. The predicted molar refractivity (Wildman–Crippen MR) is 57.4 cm³/mol. The third-order valence-electron chi connectivity index (χ3n) is 2.03. The number of hydrogen-bond donors (Lipinski definition) is 1. The van der Waals surface area contributed by atoms with Gasteiger partial charge in [0, 0.05) is 0 Å². The van der Waals surface area contributed by atoms with Crippen molar-refractivity contribution in [3.63, 3.8) is 0 Å². The van der Waals surface area contributed by atoms with Gasteiger partial charge in [0.1, 0.15) is 0 Å². The molecule has 0 saturated carbocycles. The molecular weight excluding hydrogens is 230 g/mol. The standard InChI is InChI=1S/C11H9ClNO3/c12-9-5-1-2-6-10(9)16-13(15)8-4-3-7-11(13)14/h1-8,15H/q+1. The van der Waals surface area contributed by atoms with Crippen LogP contribution in [0, 0.1) is 0 Å². The molecule has 0 saturated heterocycles. The van der Waals surface area contributed by atoms with Crippen molar-refractivity contribution < 1.29 is 19.6 Å². The summed E-state index contributed by atoms with van der Waals surface area (Å²) < 4.78 is 0. The van der Waals surface area contributed by atoms with Crippen molar-refractivity contribution >= 4 is 17.5 Å². The van der Waals surface area contributed by atoms with E-state index in [2.05, 4.69) is 0 Å². The van der Waals surface area contributed by atoms with Gasteiger partial charge in [0.05, 0.1) is 15.9 Å². The lowest BCUT2D eigenvalue weighted by Crippen LogP contribution is -2.48. The molecule has 1 aromatic rings. The number of rotatable bonds is 2. The van der Waals surface area contributed by atoms with Gasteiger partial charge in [0.25, 0.3) is 0 Å². The van der Waals surface area contributed by atoms with Crippen molar-refractivity contribution in [2.45, 2.75) is 0 Å². The van der Waals surface area contributed by atoms with Gasteiger partial charge in [-0.15, -0.1) is 0 Å². The van der Waals surface area contributed by atoms with Crippen LogP contribution in [0.1, 0.15) is 0 Å². The van der Waals surface area contributed by atoms with E-state index in [-0.39, 0.29) is 5.75 Å². The number of benzene rings is 1. The molecule has 1 N–H and O–H groups in total. The van der Waals surface area contributed by atoms with E-state index < -0.39 is 10.7 Å². The van der Waals surface area contributed by atoms with Crippen molar-refractivity contribution in [2.24, 2.45) is 0 Å². The number of hydroxylamine groups is 4. The summed E-state index contributed by atoms with van der Waals surface area (Å²) in [5.41, 5.74) is 0. The molecule has 5 heteroatoms. The molecule has 1 unspecified atom stereocenters. The summed E-state index contributed by atoms with van der Waals surface area (Å²) in [6.07, 6.45) is 5.46. The smallest absolute Gasteiger partial charge is 0.265 e. The molecule has 4 nitrogen and oxygen atoms in total. The van der Waals surface area contributed by atoms with Gasteiger partial charge in [-0.1, -0.05) is 23.7 Å². The maximum atomic E-state index is 11.4. The van der Waals surface area contributed by atoms with Gasteiger partial charge in [-0.2, -0.15) is 5.21 Å². The highest BCUT2D eigenvalue weighted by Gasteiger charge is 2.37. The second-order valence-electron chi connectivity index (χ2n) is 3.18. The van der Waals surface area contributed by atoms with E-state index in [1.54, 1.807) is 24.3 Å². The zero-order valence-electron chi connectivity index (χ0n) is 8.21. The molecule has 0 fully saturated rings. The number of carbonyl (C=O) groups is 1. The number of amides is 1. The van der Waals surface area contributed by atoms with E-state index in [1.807, 2.05) is 0 Å². The minimum Gasteiger partial charge on any atom is -0.265 e. The Labute approximate surface area is 97.1 Å². The summed E-state index contributed by atoms with van der Waals surface area (Å²) in [5, 5.41) is 10.2. The van der Waals surface area contributed by atoms with Crippen LogP contribution in [0.15, 0.2) is 48.7 Å².